The van der Waals surface area contributed by atoms with E-state index in [2.05, 4.69) is 4.98 Å². The summed E-state index contributed by atoms with van der Waals surface area (Å²) in [5, 5.41) is 4.15. The molecule has 0 amide bonds. The van der Waals surface area contributed by atoms with E-state index in [1.807, 2.05) is 72.8 Å². The second-order valence-electron chi connectivity index (χ2n) is 20.9. The van der Waals surface area contributed by atoms with Crippen molar-refractivity contribution in [2.24, 2.45) is 20.0 Å². The molecule has 6 heterocycles. The van der Waals surface area contributed by atoms with Crippen LogP contribution in [-0.4, -0.2) is 64.0 Å². The number of hydrogen-bond acceptors (Lipinski definition) is 10. The molecule has 6 aromatic rings. The highest BCUT2D eigenvalue weighted by molar-refractivity contribution is 7.86. The Morgan fingerprint density at radius 2 is 0.973 bits per heavy atom. The number of fused-ring (bicyclic) bond motifs is 15. The average molecular weight is 1050 g/mol. The Bertz CT molecular complexity index is 3850. The van der Waals surface area contributed by atoms with Crippen molar-refractivity contribution in [2.75, 3.05) is 0 Å². The van der Waals surface area contributed by atoms with Gasteiger partial charge in [0.15, 0.2) is 17.2 Å². The van der Waals surface area contributed by atoms with Crippen LogP contribution in [0.4, 0.5) is 11.6 Å². The zero-order valence-corrected chi connectivity index (χ0v) is 44.0. The van der Waals surface area contributed by atoms with Gasteiger partial charge < -0.3 is 4.98 Å². The van der Waals surface area contributed by atoms with E-state index in [4.69, 9.17) is 29.6 Å². The highest BCUT2D eigenvalue weighted by Crippen LogP contribution is 2.43. The van der Waals surface area contributed by atoms with Crippen LogP contribution in [-0.2, 0) is 43.2 Å². The number of rotatable bonds is 8. The van der Waals surface area contributed by atoms with E-state index < -0.39 is 43.2 Å². The van der Waals surface area contributed by atoms with Gasteiger partial charge in [-0.15, -0.1) is 4.99 Å². The smallest absolute Gasteiger partial charge is 0.285 e. The van der Waals surface area contributed by atoms with Gasteiger partial charge in [0.05, 0.1) is 89.7 Å². The van der Waals surface area contributed by atoms with Crippen LogP contribution >= 0.6 is 0 Å². The number of aliphatic imine (C=N–C) groups is 2. The third-order valence-electron chi connectivity index (χ3n) is 16.5. The van der Waals surface area contributed by atoms with E-state index in [-0.39, 0.29) is 21.0 Å². The summed E-state index contributed by atoms with van der Waals surface area (Å²) in [6, 6.07) is 23.5. The minimum Gasteiger partial charge on any atom is -0.313 e. The zero-order valence-electron chi connectivity index (χ0n) is 40.7. The normalized spacial score (nSPS) is 21.0. The molecule has 2 aromatic heterocycles. The topological polar surface area (TPSA) is 168 Å². The molecule has 14 rings (SSSR count). The van der Waals surface area contributed by atoms with Crippen LogP contribution in [0.1, 0.15) is 140 Å². The minimum absolute atomic E-state index is 0.000136. The monoisotopic (exact) mass is 1050 g/mol. The number of nitrogens with one attached hydrogen (secondary N) is 1. The van der Waals surface area contributed by atoms with Crippen LogP contribution in [0.3, 0.4) is 0 Å². The number of aromatic amines is 1. The van der Waals surface area contributed by atoms with E-state index in [9.17, 15) is 12.6 Å². The lowest BCUT2D eigenvalue weighted by atomic mass is 10.0. The molecular formula is C56H57N8O5S4+. The molecule has 374 valence electrons. The average Bonchev–Trinajstić information content (AvgIpc) is 4.18. The van der Waals surface area contributed by atoms with Gasteiger partial charge in [-0.1, -0.05) is 118 Å². The number of nitrogens with zero attached hydrogens (tertiary/aromatic N) is 7. The second kappa shape index (κ2) is 18.8. The maximum absolute atomic E-state index is 15.0. The molecule has 4 unspecified atom stereocenters. The van der Waals surface area contributed by atoms with Crippen LogP contribution in [0.2, 0.25) is 0 Å². The first-order valence-electron chi connectivity index (χ1n) is 26.7. The largest absolute Gasteiger partial charge is 0.313 e. The Labute approximate surface area is 432 Å². The van der Waals surface area contributed by atoms with Crippen LogP contribution in [0.5, 0.6) is 0 Å². The van der Waals surface area contributed by atoms with Crippen molar-refractivity contribution in [2.45, 2.75) is 169 Å². The standard InChI is InChI=1S/C56H56N8O5S4/c65-70(33-17-5-1-6-18-33)41-29-14-26-38-45(41)51-57-49-37-25-13-30-42(71(66)34-19-7-2-8-20-34)46(37)52(58-49)61-53-39-27-15-32-44(73(68)36-23-11-4-12-24-36)48(39)56-62-54-40-28-16-31-43(72(67)35-21-9-3-10-22-35)47(40)55(60-50(38)59-51)64(54)69-63(53)56/h13-16,25-36H,1-12,17-24H2/p+1. The molecule has 4 aliphatic carbocycles. The fraction of sp³-hybridized carbons (Fsp3) is 0.429. The van der Waals surface area contributed by atoms with Gasteiger partial charge in [-0.05, 0) is 97.1 Å². The first kappa shape index (κ1) is 46.2. The molecule has 73 heavy (non-hydrogen) atoms. The fourth-order valence-corrected chi connectivity index (χ4v) is 19.8. The predicted octanol–water partition coefficient (Wildman–Crippen LogP) is 10.6. The van der Waals surface area contributed by atoms with Gasteiger partial charge in [0, 0.05) is 37.5 Å². The van der Waals surface area contributed by atoms with Gasteiger partial charge in [0.1, 0.15) is 5.49 Å². The third-order valence-corrected chi connectivity index (χ3v) is 23.9. The third kappa shape index (κ3) is 7.66. The van der Waals surface area contributed by atoms with Crippen molar-refractivity contribution in [1.82, 2.24) is 14.5 Å². The molecule has 0 saturated heterocycles. The van der Waals surface area contributed by atoms with Gasteiger partial charge in [0.2, 0.25) is 5.82 Å². The van der Waals surface area contributed by atoms with Gasteiger partial charge in [-0.2, -0.15) is 9.62 Å². The Morgan fingerprint density at radius 1 is 0.479 bits per heavy atom. The minimum atomic E-state index is -1.39. The van der Waals surface area contributed by atoms with Gasteiger partial charge in [0.25, 0.3) is 17.3 Å². The van der Waals surface area contributed by atoms with Crippen molar-refractivity contribution in [1.29, 1.82) is 0 Å². The highest BCUT2D eigenvalue weighted by atomic mass is 32.2. The number of hydrogen-bond donors (Lipinski definition) is 1. The van der Waals surface area contributed by atoms with Crippen LogP contribution in [0.25, 0.3) is 43.8 Å². The number of amidine groups is 2. The molecule has 4 fully saturated rings. The van der Waals surface area contributed by atoms with E-state index in [1.54, 1.807) is 9.31 Å². The summed E-state index contributed by atoms with van der Waals surface area (Å²) in [5.41, 5.74) is 2.71. The molecule has 0 spiro atoms. The SMILES string of the molecule is O=S(c1cccc2c1C1=NC2=Nc2c3c(S(=O)C4CCCCC4)cccc3c3nc4c5c(S(=O)C6CCCCC6)cccc5c([n+]-4on23)N=c2[nH]c(c3cccc(S(=O)C4CCCCC4)c23)=N1)C1CCCCC1. The Kier molecular flexibility index (Phi) is 11.9. The molecule has 1 N–H and O–H groups in total. The number of benzene rings is 4. The molecular weight excluding hydrogens is 993 g/mol. The van der Waals surface area contributed by atoms with Gasteiger partial charge >= 0.3 is 0 Å². The molecule has 17 heteroatoms. The molecule has 4 aliphatic heterocycles. The van der Waals surface area contributed by atoms with Crippen molar-refractivity contribution >= 4 is 104 Å². The van der Waals surface area contributed by atoms with Crippen molar-refractivity contribution in [3.05, 3.63) is 94.9 Å². The summed E-state index contributed by atoms with van der Waals surface area (Å²) in [5.74, 6) is 1.93. The van der Waals surface area contributed by atoms with Crippen molar-refractivity contribution < 1.29 is 26.2 Å². The fourth-order valence-electron chi connectivity index (χ4n) is 12.8. The summed E-state index contributed by atoms with van der Waals surface area (Å²) < 4.78 is 70.3. The number of aromatic nitrogens is 4. The molecule has 4 saturated carbocycles. The maximum Gasteiger partial charge on any atom is 0.285 e. The summed E-state index contributed by atoms with van der Waals surface area (Å²) in [4.78, 5) is 33.6. The maximum atomic E-state index is 15.0. The van der Waals surface area contributed by atoms with Gasteiger partial charge in [-0.3, -0.25) is 16.8 Å². The first-order chi connectivity index (χ1) is 35.9. The molecule has 8 aliphatic rings. The quantitative estimate of drug-likeness (QED) is 0.149. The lowest BCUT2D eigenvalue weighted by Gasteiger charge is -2.22. The van der Waals surface area contributed by atoms with Crippen LogP contribution in [0, 0.1) is 0 Å². The second-order valence-corrected chi connectivity index (χ2v) is 27.7. The molecule has 4 aromatic carbocycles. The first-order valence-corrected chi connectivity index (χ1v) is 31.5. The molecule has 0 radical (unpaired) electrons. The van der Waals surface area contributed by atoms with E-state index in [0.717, 1.165) is 134 Å². The summed E-state index contributed by atoms with van der Waals surface area (Å²) >= 11 is 0. The predicted molar refractivity (Wildman–Crippen MR) is 288 cm³/mol. The van der Waals surface area contributed by atoms with E-state index >= 15 is 4.21 Å². The van der Waals surface area contributed by atoms with Crippen LogP contribution in [0.15, 0.2) is 117 Å². The summed E-state index contributed by atoms with van der Waals surface area (Å²) in [6.07, 6.45) is 19.9. The highest BCUT2D eigenvalue weighted by Gasteiger charge is 2.38. The van der Waals surface area contributed by atoms with E-state index in [1.165, 1.54) is 0 Å². The Morgan fingerprint density at radius 3 is 1.56 bits per heavy atom. The molecule has 6 bridgehead atoms. The molecule has 13 nitrogen and oxygen atoms in total. The summed E-state index contributed by atoms with van der Waals surface area (Å²) in [7, 11) is -5.49. The lowest BCUT2D eigenvalue weighted by Crippen LogP contribution is -2.33. The summed E-state index contributed by atoms with van der Waals surface area (Å²) in [6.45, 7) is 0. The number of H-pyrrole nitrogens is 1. The molecule has 4 atom stereocenters. The van der Waals surface area contributed by atoms with Crippen molar-refractivity contribution in [3.63, 3.8) is 0 Å². The zero-order chi connectivity index (χ0) is 48.9. The van der Waals surface area contributed by atoms with E-state index in [0.29, 0.717) is 103 Å². The van der Waals surface area contributed by atoms with Crippen molar-refractivity contribution in [3.8, 4) is 5.82 Å². The Hall–Kier alpha value is -5.36. The lowest BCUT2D eigenvalue weighted by molar-refractivity contribution is -0.793. The van der Waals surface area contributed by atoms with Crippen LogP contribution < -0.4 is 15.7 Å². The van der Waals surface area contributed by atoms with Gasteiger partial charge in [-0.25, -0.2) is 9.98 Å². The Balaban J connectivity index is 1.12.